The standard InChI is InChI=1S/C15H19F2N3O3S2/c1-3-20(9-12(21)19-15(22)23-4-2)14(24)18-10-5-7-11(8-6-10)25-13(16)17/h5-8,13H,3-4,9H2,1-2H3,(H,18,24)(H,19,21,22). The molecule has 0 unspecified atom stereocenters. The molecule has 10 heteroatoms. The Morgan fingerprint density at radius 1 is 1.28 bits per heavy atom. The van der Waals surface area contributed by atoms with Crippen molar-refractivity contribution in [2.45, 2.75) is 24.5 Å². The first kappa shape index (κ1) is 21.1. The van der Waals surface area contributed by atoms with E-state index in [0.717, 1.165) is 0 Å². The van der Waals surface area contributed by atoms with Crippen molar-refractivity contribution in [2.75, 3.05) is 25.0 Å². The number of thiocarbonyl (C=S) groups is 1. The summed E-state index contributed by atoms with van der Waals surface area (Å²) in [5.74, 6) is -3.03. The number of benzene rings is 1. The average molecular weight is 391 g/mol. The van der Waals surface area contributed by atoms with E-state index in [9.17, 15) is 18.4 Å². The number of anilines is 1. The van der Waals surface area contributed by atoms with Crippen molar-refractivity contribution in [3.05, 3.63) is 24.3 Å². The van der Waals surface area contributed by atoms with Crippen LogP contribution in [0.15, 0.2) is 29.2 Å². The molecule has 2 amide bonds. The van der Waals surface area contributed by atoms with Gasteiger partial charge in [-0.2, -0.15) is 8.78 Å². The first-order valence-electron chi connectivity index (χ1n) is 7.43. The quantitative estimate of drug-likeness (QED) is 0.546. The van der Waals surface area contributed by atoms with E-state index in [1.807, 2.05) is 0 Å². The van der Waals surface area contributed by atoms with Crippen LogP contribution in [0.2, 0.25) is 0 Å². The fraction of sp³-hybridized carbons (Fsp3) is 0.400. The Balaban J connectivity index is 2.57. The molecule has 0 bridgehead atoms. The topological polar surface area (TPSA) is 70.7 Å². The van der Waals surface area contributed by atoms with Crippen LogP contribution < -0.4 is 10.6 Å². The van der Waals surface area contributed by atoms with Gasteiger partial charge in [-0.15, -0.1) is 0 Å². The zero-order chi connectivity index (χ0) is 18.8. The molecule has 0 saturated heterocycles. The zero-order valence-electron chi connectivity index (χ0n) is 13.8. The lowest BCUT2D eigenvalue weighted by Gasteiger charge is -2.23. The van der Waals surface area contributed by atoms with Crippen LogP contribution in [0.3, 0.4) is 0 Å². The van der Waals surface area contributed by atoms with Crippen LogP contribution >= 0.6 is 24.0 Å². The number of nitrogens with one attached hydrogen (secondary N) is 2. The highest BCUT2D eigenvalue weighted by atomic mass is 32.2. The number of hydrogen-bond acceptors (Lipinski definition) is 5. The van der Waals surface area contributed by atoms with Gasteiger partial charge in [-0.1, -0.05) is 11.8 Å². The second-order valence-corrected chi connectivity index (χ2v) is 6.07. The first-order valence-corrected chi connectivity index (χ1v) is 8.71. The van der Waals surface area contributed by atoms with Gasteiger partial charge in [0.15, 0.2) is 5.11 Å². The third kappa shape index (κ3) is 8.12. The molecular weight excluding hydrogens is 372 g/mol. The molecule has 138 valence electrons. The van der Waals surface area contributed by atoms with Crippen molar-refractivity contribution in [3.8, 4) is 0 Å². The molecular formula is C15H19F2N3O3S2. The summed E-state index contributed by atoms with van der Waals surface area (Å²) in [6.45, 7) is 3.90. The van der Waals surface area contributed by atoms with Crippen molar-refractivity contribution in [2.24, 2.45) is 0 Å². The number of nitrogens with zero attached hydrogens (tertiary/aromatic N) is 1. The van der Waals surface area contributed by atoms with Crippen LogP contribution in [0.5, 0.6) is 0 Å². The predicted molar refractivity (Wildman–Crippen MR) is 96.9 cm³/mol. The molecule has 0 aliphatic carbocycles. The number of ether oxygens (including phenoxy) is 1. The lowest BCUT2D eigenvalue weighted by molar-refractivity contribution is -0.120. The number of rotatable bonds is 7. The number of thioether (sulfide) groups is 1. The highest BCUT2D eigenvalue weighted by Gasteiger charge is 2.15. The maximum absolute atomic E-state index is 12.3. The highest BCUT2D eigenvalue weighted by molar-refractivity contribution is 7.99. The summed E-state index contributed by atoms with van der Waals surface area (Å²) in [5, 5.41) is 5.28. The summed E-state index contributed by atoms with van der Waals surface area (Å²) < 4.78 is 29.2. The van der Waals surface area contributed by atoms with Crippen LogP contribution in [-0.2, 0) is 9.53 Å². The fourth-order valence-corrected chi connectivity index (χ4v) is 2.55. The minimum absolute atomic E-state index is 0.125. The van der Waals surface area contributed by atoms with Gasteiger partial charge in [0.25, 0.3) is 5.76 Å². The molecule has 25 heavy (non-hydrogen) atoms. The molecule has 0 aliphatic heterocycles. The van der Waals surface area contributed by atoms with Crippen molar-refractivity contribution < 1.29 is 23.1 Å². The van der Waals surface area contributed by atoms with Gasteiger partial charge < -0.3 is 15.0 Å². The van der Waals surface area contributed by atoms with Crippen molar-refractivity contribution in [1.82, 2.24) is 10.2 Å². The largest absolute Gasteiger partial charge is 0.450 e. The van der Waals surface area contributed by atoms with Crippen molar-refractivity contribution >= 4 is 46.8 Å². The molecule has 0 atom stereocenters. The van der Waals surface area contributed by atoms with E-state index < -0.39 is 17.8 Å². The number of amides is 2. The minimum atomic E-state index is -2.48. The van der Waals surface area contributed by atoms with Gasteiger partial charge in [0, 0.05) is 17.1 Å². The predicted octanol–water partition coefficient (Wildman–Crippen LogP) is 3.29. The molecule has 0 fully saturated rings. The first-order chi connectivity index (χ1) is 11.8. The summed E-state index contributed by atoms with van der Waals surface area (Å²) in [6, 6.07) is 6.32. The van der Waals surface area contributed by atoms with Gasteiger partial charge in [0.2, 0.25) is 5.91 Å². The molecule has 0 saturated carbocycles. The van der Waals surface area contributed by atoms with Gasteiger partial charge in [-0.05, 0) is 50.3 Å². The van der Waals surface area contributed by atoms with Gasteiger partial charge in [0.05, 0.1) is 13.2 Å². The lowest BCUT2D eigenvalue weighted by Crippen LogP contribution is -2.44. The van der Waals surface area contributed by atoms with E-state index in [-0.39, 0.29) is 18.3 Å². The number of carbonyl (C=O) groups is 2. The number of halogens is 2. The Labute approximate surface area is 154 Å². The molecule has 0 heterocycles. The summed E-state index contributed by atoms with van der Waals surface area (Å²) >= 11 is 5.69. The van der Waals surface area contributed by atoms with E-state index in [0.29, 0.717) is 28.9 Å². The summed E-state index contributed by atoms with van der Waals surface area (Å²) in [4.78, 5) is 25.0. The third-order valence-electron chi connectivity index (χ3n) is 2.85. The van der Waals surface area contributed by atoms with E-state index >= 15 is 0 Å². The summed E-state index contributed by atoms with van der Waals surface area (Å²) in [5.41, 5.74) is 0.605. The second kappa shape index (κ2) is 10.8. The monoisotopic (exact) mass is 391 g/mol. The molecule has 0 spiro atoms. The normalized spacial score (nSPS) is 10.3. The van der Waals surface area contributed by atoms with Crippen molar-refractivity contribution in [3.63, 3.8) is 0 Å². The van der Waals surface area contributed by atoms with Crippen LogP contribution in [-0.4, -0.2) is 47.5 Å². The Morgan fingerprint density at radius 2 is 1.92 bits per heavy atom. The van der Waals surface area contributed by atoms with E-state index in [4.69, 9.17) is 12.2 Å². The van der Waals surface area contributed by atoms with E-state index in [1.54, 1.807) is 43.0 Å². The van der Waals surface area contributed by atoms with E-state index in [1.165, 1.54) is 0 Å². The molecule has 2 N–H and O–H groups in total. The minimum Gasteiger partial charge on any atom is -0.450 e. The number of imide groups is 1. The summed E-state index contributed by atoms with van der Waals surface area (Å²) in [7, 11) is 0. The fourth-order valence-electron chi connectivity index (χ4n) is 1.74. The highest BCUT2D eigenvalue weighted by Crippen LogP contribution is 2.26. The SMILES string of the molecule is CCOC(=O)NC(=O)CN(CC)C(=S)Nc1ccc(SC(F)F)cc1. The molecule has 0 aromatic heterocycles. The van der Waals surface area contributed by atoms with Crippen LogP contribution in [0.4, 0.5) is 19.3 Å². The number of hydrogen-bond donors (Lipinski definition) is 2. The Bertz CT molecular complexity index is 600. The van der Waals surface area contributed by atoms with Gasteiger partial charge >= 0.3 is 6.09 Å². The number of carbonyl (C=O) groups excluding carboxylic acids is 2. The number of likely N-dealkylation sites (N-methyl/N-ethyl adjacent to an activating group) is 1. The Kier molecular flexibility index (Phi) is 9.14. The van der Waals surface area contributed by atoms with Gasteiger partial charge in [-0.25, -0.2) is 4.79 Å². The van der Waals surface area contributed by atoms with E-state index in [2.05, 4.69) is 15.4 Å². The third-order valence-corrected chi connectivity index (χ3v) is 3.93. The Hall–Kier alpha value is -1.94. The van der Waals surface area contributed by atoms with Crippen LogP contribution in [0, 0.1) is 0 Å². The summed E-state index contributed by atoms with van der Waals surface area (Å²) in [6.07, 6.45) is -0.811. The molecule has 1 aromatic carbocycles. The van der Waals surface area contributed by atoms with Crippen molar-refractivity contribution in [1.29, 1.82) is 0 Å². The second-order valence-electron chi connectivity index (χ2n) is 4.62. The average Bonchev–Trinajstić information content (AvgIpc) is 2.54. The van der Waals surface area contributed by atoms with Gasteiger partial charge in [-0.3, -0.25) is 10.1 Å². The van der Waals surface area contributed by atoms with Crippen LogP contribution in [0.1, 0.15) is 13.8 Å². The molecule has 0 aliphatic rings. The maximum Gasteiger partial charge on any atom is 0.413 e. The molecule has 1 aromatic rings. The zero-order valence-corrected chi connectivity index (χ0v) is 15.4. The Morgan fingerprint density at radius 3 is 2.44 bits per heavy atom. The molecule has 1 rings (SSSR count). The molecule has 6 nitrogen and oxygen atoms in total. The number of alkyl halides is 2. The lowest BCUT2D eigenvalue weighted by atomic mass is 10.3. The number of alkyl carbamates (subject to hydrolysis) is 1. The van der Waals surface area contributed by atoms with Crippen LogP contribution in [0.25, 0.3) is 0 Å². The van der Waals surface area contributed by atoms with Gasteiger partial charge in [0.1, 0.15) is 0 Å². The smallest absolute Gasteiger partial charge is 0.413 e. The maximum atomic E-state index is 12.3. The molecule has 0 radical (unpaired) electrons.